The van der Waals surface area contributed by atoms with Crippen molar-refractivity contribution in [3.8, 4) is 5.69 Å². The van der Waals surface area contributed by atoms with Gasteiger partial charge in [-0.3, -0.25) is 9.36 Å². The summed E-state index contributed by atoms with van der Waals surface area (Å²) in [6.07, 6.45) is 5.11. The van der Waals surface area contributed by atoms with E-state index in [-0.39, 0.29) is 11.6 Å². The average molecular weight is 530 g/mol. The third-order valence-electron chi connectivity index (χ3n) is 5.31. The number of hydrogen-bond acceptors (Lipinski definition) is 5. The van der Waals surface area contributed by atoms with E-state index in [9.17, 15) is 9.18 Å². The molecule has 176 valence electrons. The van der Waals surface area contributed by atoms with E-state index in [1.165, 1.54) is 34.9 Å². The molecule has 0 aliphatic carbocycles. The topological polar surface area (TPSA) is 77.6 Å². The monoisotopic (exact) mass is 528 g/mol. The van der Waals surface area contributed by atoms with Gasteiger partial charge >= 0.3 is 0 Å². The minimum atomic E-state index is -1.93. The largest absolute Gasteiger partial charge is 0.324 e. The molecule has 0 aliphatic heterocycles. The molecule has 1 N–H and O–H groups in total. The second-order valence-electron chi connectivity index (χ2n) is 7.63. The molecule has 0 saturated carbocycles. The van der Waals surface area contributed by atoms with Crippen molar-refractivity contribution in [2.45, 2.75) is 9.83 Å². The molecule has 0 saturated heterocycles. The molecule has 5 aromatic rings. The highest BCUT2D eigenvalue weighted by atomic mass is 35.6. The highest BCUT2D eigenvalue weighted by molar-refractivity contribution is 6.68. The Morgan fingerprint density at radius 1 is 0.971 bits per heavy atom. The predicted molar refractivity (Wildman–Crippen MR) is 135 cm³/mol. The number of alkyl halides is 3. The van der Waals surface area contributed by atoms with Crippen LogP contribution >= 0.6 is 34.8 Å². The number of hydrogen-bond donors (Lipinski definition) is 1. The zero-order valence-corrected chi connectivity index (χ0v) is 20.1. The van der Waals surface area contributed by atoms with Crippen molar-refractivity contribution in [3.63, 3.8) is 0 Å². The Morgan fingerprint density at radius 3 is 2.37 bits per heavy atom. The number of halogens is 4. The molecule has 1 atom stereocenters. The lowest BCUT2D eigenvalue weighted by Gasteiger charge is -2.28. The smallest absolute Gasteiger partial charge is 0.252 e. The van der Waals surface area contributed by atoms with Crippen LogP contribution in [0, 0.1) is 5.82 Å². The summed E-state index contributed by atoms with van der Waals surface area (Å²) >= 11 is 19.0. The Morgan fingerprint density at radius 2 is 1.71 bits per heavy atom. The van der Waals surface area contributed by atoms with Crippen molar-refractivity contribution >= 4 is 57.5 Å². The minimum Gasteiger partial charge on any atom is -0.324 e. The summed E-state index contributed by atoms with van der Waals surface area (Å²) in [6.45, 7) is 0. The Kier molecular flexibility index (Phi) is 6.19. The van der Waals surface area contributed by atoms with E-state index < -0.39 is 21.2 Å². The summed E-state index contributed by atoms with van der Waals surface area (Å²) in [6, 6.07) is 16.6. The van der Waals surface area contributed by atoms with Gasteiger partial charge in [-0.1, -0.05) is 46.9 Å². The summed E-state index contributed by atoms with van der Waals surface area (Å²) in [5, 5.41) is 7.89. The van der Waals surface area contributed by atoms with Gasteiger partial charge in [-0.15, -0.1) is 0 Å². The van der Waals surface area contributed by atoms with Crippen molar-refractivity contribution in [1.29, 1.82) is 0 Å². The molecule has 11 heteroatoms. The molecule has 0 amide bonds. The van der Waals surface area contributed by atoms with Gasteiger partial charge in [0.1, 0.15) is 17.5 Å². The fraction of sp³-hybridized carbons (Fsp3) is 0.0833. The van der Waals surface area contributed by atoms with Crippen molar-refractivity contribution in [2.75, 3.05) is 5.32 Å². The van der Waals surface area contributed by atoms with E-state index in [2.05, 4.69) is 20.4 Å². The maximum Gasteiger partial charge on any atom is 0.252 e. The fourth-order valence-corrected chi connectivity index (χ4v) is 4.40. The van der Waals surface area contributed by atoms with Crippen LogP contribution < -0.4 is 10.9 Å². The number of anilines is 2. The second kappa shape index (κ2) is 9.30. The third kappa shape index (κ3) is 4.86. The highest BCUT2D eigenvalue weighted by Crippen LogP contribution is 2.42. The van der Waals surface area contributed by atoms with Gasteiger partial charge in [-0.05, 0) is 54.1 Å². The number of rotatable bonds is 5. The summed E-state index contributed by atoms with van der Waals surface area (Å²) < 4.78 is 14.6. The van der Waals surface area contributed by atoms with Gasteiger partial charge in [0.15, 0.2) is 0 Å². The number of pyridine rings is 1. The molecule has 1 unspecified atom stereocenters. The normalized spacial score (nSPS) is 12.6. The number of benzene rings is 2. The van der Waals surface area contributed by atoms with E-state index in [0.29, 0.717) is 10.9 Å². The fourth-order valence-electron chi connectivity index (χ4n) is 3.73. The van der Waals surface area contributed by atoms with Crippen LogP contribution in [0.5, 0.6) is 0 Å². The first kappa shape index (κ1) is 23.3. The SMILES string of the molecule is O=c1ccc2cnc(Nc3ccc(-n4cccn4)cc3)nc2n1C(c1ccc(F)cc1)C(Cl)(Cl)Cl. The van der Waals surface area contributed by atoms with Crippen LogP contribution in [0.15, 0.2) is 90.1 Å². The zero-order valence-electron chi connectivity index (χ0n) is 17.8. The number of fused-ring (bicyclic) bond motifs is 1. The van der Waals surface area contributed by atoms with Crippen LogP contribution in [-0.2, 0) is 0 Å². The van der Waals surface area contributed by atoms with E-state index in [1.807, 2.05) is 36.5 Å². The van der Waals surface area contributed by atoms with E-state index in [1.54, 1.807) is 23.1 Å². The molecule has 7 nitrogen and oxygen atoms in total. The lowest BCUT2D eigenvalue weighted by molar-refractivity contribution is 0.585. The Hall–Kier alpha value is -3.46. The van der Waals surface area contributed by atoms with Crippen LogP contribution in [0.2, 0.25) is 0 Å². The van der Waals surface area contributed by atoms with E-state index >= 15 is 0 Å². The van der Waals surface area contributed by atoms with Crippen LogP contribution in [0.25, 0.3) is 16.7 Å². The molecule has 0 spiro atoms. The van der Waals surface area contributed by atoms with Gasteiger partial charge < -0.3 is 5.32 Å². The molecule has 0 aliphatic rings. The summed E-state index contributed by atoms with van der Waals surface area (Å²) in [7, 11) is 0. The quantitative estimate of drug-likeness (QED) is 0.290. The van der Waals surface area contributed by atoms with Gasteiger partial charge in [-0.2, -0.15) is 10.1 Å². The first-order chi connectivity index (χ1) is 16.8. The van der Waals surface area contributed by atoms with Gasteiger partial charge in [0, 0.05) is 35.7 Å². The Labute approximate surface area is 213 Å². The van der Waals surface area contributed by atoms with Crippen LogP contribution in [0.1, 0.15) is 11.6 Å². The lowest BCUT2D eigenvalue weighted by atomic mass is 10.1. The predicted octanol–water partition coefficient (Wildman–Crippen LogP) is 5.82. The molecular formula is C24H16Cl3FN6O. The highest BCUT2D eigenvalue weighted by Gasteiger charge is 2.37. The lowest BCUT2D eigenvalue weighted by Crippen LogP contribution is -2.33. The van der Waals surface area contributed by atoms with Crippen LogP contribution in [0.4, 0.5) is 16.0 Å². The molecule has 35 heavy (non-hydrogen) atoms. The molecule has 2 aromatic carbocycles. The van der Waals surface area contributed by atoms with E-state index in [0.717, 1.165) is 11.4 Å². The summed E-state index contributed by atoms with van der Waals surface area (Å²) in [4.78, 5) is 21.9. The van der Waals surface area contributed by atoms with E-state index in [4.69, 9.17) is 34.8 Å². The van der Waals surface area contributed by atoms with Gasteiger partial charge in [0.25, 0.3) is 5.56 Å². The maximum atomic E-state index is 13.5. The minimum absolute atomic E-state index is 0.242. The molecular weight excluding hydrogens is 514 g/mol. The summed E-state index contributed by atoms with van der Waals surface area (Å²) in [5.74, 6) is -0.208. The molecule has 0 fully saturated rings. The average Bonchev–Trinajstić information content (AvgIpc) is 3.37. The number of nitrogens with zero attached hydrogens (tertiary/aromatic N) is 5. The first-order valence-corrected chi connectivity index (χ1v) is 11.5. The number of nitrogens with one attached hydrogen (secondary N) is 1. The molecule has 5 rings (SSSR count). The molecule has 3 aromatic heterocycles. The van der Waals surface area contributed by atoms with Crippen LogP contribution in [-0.4, -0.2) is 28.1 Å². The van der Waals surface area contributed by atoms with Crippen molar-refractivity contribution in [1.82, 2.24) is 24.3 Å². The van der Waals surface area contributed by atoms with Crippen molar-refractivity contribution in [3.05, 3.63) is 107 Å². The van der Waals surface area contributed by atoms with Crippen molar-refractivity contribution < 1.29 is 4.39 Å². The Bertz CT molecular complexity index is 1530. The second-order valence-corrected chi connectivity index (χ2v) is 10.0. The van der Waals surface area contributed by atoms with Crippen molar-refractivity contribution in [2.24, 2.45) is 0 Å². The first-order valence-electron chi connectivity index (χ1n) is 10.4. The number of aromatic nitrogens is 5. The summed E-state index contributed by atoms with van der Waals surface area (Å²) in [5.41, 5.74) is 1.86. The molecule has 0 radical (unpaired) electrons. The standard InChI is InChI=1S/C24H16Cl3FN6O/c25-24(26,27)21(15-2-5-17(28)6-3-15)34-20(35)11-4-16-14-29-23(32-22(16)34)31-18-7-9-19(10-8-18)33-13-1-12-30-33/h1-14,21H,(H,29,31,32). The maximum absolute atomic E-state index is 13.5. The zero-order chi connectivity index (χ0) is 24.6. The molecule has 0 bridgehead atoms. The van der Waals surface area contributed by atoms with Gasteiger partial charge in [0.05, 0.1) is 5.69 Å². The van der Waals surface area contributed by atoms with Gasteiger partial charge in [-0.25, -0.2) is 14.1 Å². The van der Waals surface area contributed by atoms with Gasteiger partial charge in [0.2, 0.25) is 9.74 Å². The Balaban J connectivity index is 1.57. The third-order valence-corrected chi connectivity index (χ3v) is 5.93. The van der Waals surface area contributed by atoms with Crippen LogP contribution in [0.3, 0.4) is 0 Å². The molecule has 3 heterocycles.